The highest BCUT2D eigenvalue weighted by molar-refractivity contribution is 5.39. The summed E-state index contributed by atoms with van der Waals surface area (Å²) in [7, 11) is 0. The molecule has 2 rings (SSSR count). The molecule has 1 aromatic carbocycles. The number of ether oxygens (including phenoxy) is 3. The van der Waals surface area contributed by atoms with Crippen LogP contribution in [0.5, 0.6) is 11.5 Å². The highest BCUT2D eigenvalue weighted by Gasteiger charge is 2.17. The van der Waals surface area contributed by atoms with Crippen molar-refractivity contribution < 1.29 is 14.2 Å². The minimum Gasteiger partial charge on any atom is -0.490 e. The lowest BCUT2D eigenvalue weighted by atomic mass is 10.1. The largest absolute Gasteiger partial charge is 0.490 e. The molecule has 0 aromatic heterocycles. The third kappa shape index (κ3) is 3.50. The van der Waals surface area contributed by atoms with Crippen LogP contribution in [0.15, 0.2) is 36.4 Å². The maximum Gasteiger partial charge on any atom is 0.161 e. The van der Waals surface area contributed by atoms with Gasteiger partial charge in [-0.25, -0.2) is 0 Å². The minimum absolute atomic E-state index is 0.158. The van der Waals surface area contributed by atoms with E-state index < -0.39 is 0 Å². The van der Waals surface area contributed by atoms with Gasteiger partial charge in [-0.05, 0) is 31.9 Å². The molecule has 0 spiro atoms. The molecular formula is C15H20O3. The Kier molecular flexibility index (Phi) is 4.65. The Labute approximate surface area is 108 Å². The van der Waals surface area contributed by atoms with E-state index in [1.54, 1.807) is 0 Å². The smallest absolute Gasteiger partial charge is 0.161 e. The highest BCUT2D eigenvalue weighted by Crippen LogP contribution is 2.27. The Bertz CT molecular complexity index is 390. The van der Waals surface area contributed by atoms with Crippen molar-refractivity contribution in [2.45, 2.75) is 25.9 Å². The van der Waals surface area contributed by atoms with Gasteiger partial charge in [0.05, 0.1) is 19.3 Å². The summed E-state index contributed by atoms with van der Waals surface area (Å²) in [6, 6.07) is 7.73. The van der Waals surface area contributed by atoms with Crippen LogP contribution in [-0.2, 0) is 4.74 Å². The number of rotatable bonds is 5. The van der Waals surface area contributed by atoms with Gasteiger partial charge in [0.1, 0.15) is 6.61 Å². The molecule has 0 aliphatic carbocycles. The second-order valence-electron chi connectivity index (χ2n) is 4.41. The molecule has 1 saturated heterocycles. The van der Waals surface area contributed by atoms with E-state index in [0.717, 1.165) is 24.3 Å². The predicted molar refractivity (Wildman–Crippen MR) is 71.2 cm³/mol. The van der Waals surface area contributed by atoms with Crippen LogP contribution in [0.4, 0.5) is 0 Å². The van der Waals surface area contributed by atoms with Crippen LogP contribution in [0.2, 0.25) is 0 Å². The Balaban J connectivity index is 1.87. The van der Waals surface area contributed by atoms with Gasteiger partial charge in [-0.15, -0.1) is 0 Å². The average Bonchev–Trinajstić information content (AvgIpc) is 2.40. The molecule has 1 aromatic rings. The Morgan fingerprint density at radius 3 is 2.61 bits per heavy atom. The quantitative estimate of drug-likeness (QED) is 0.749. The van der Waals surface area contributed by atoms with Crippen molar-refractivity contribution in [3.8, 4) is 11.5 Å². The molecule has 0 bridgehead atoms. The molecule has 0 saturated carbocycles. The van der Waals surface area contributed by atoms with Gasteiger partial charge in [0.25, 0.3) is 0 Å². The number of benzene rings is 1. The standard InChI is InChI=1S/C15H20O3/c1-3-16-14-6-4-5-7-15(14)18-11-13-9-8-12(2)10-17-13/h4-7,13H,2-3,8-11H2,1H3. The van der Waals surface area contributed by atoms with Crippen LogP contribution in [-0.4, -0.2) is 25.9 Å². The first-order valence-corrected chi connectivity index (χ1v) is 6.42. The maximum absolute atomic E-state index is 5.78. The van der Waals surface area contributed by atoms with Crippen LogP contribution < -0.4 is 9.47 Å². The summed E-state index contributed by atoms with van der Waals surface area (Å²) in [5, 5.41) is 0. The van der Waals surface area contributed by atoms with Crippen LogP contribution in [0.3, 0.4) is 0 Å². The van der Waals surface area contributed by atoms with E-state index >= 15 is 0 Å². The molecule has 3 nitrogen and oxygen atoms in total. The van der Waals surface area contributed by atoms with Gasteiger partial charge in [0.2, 0.25) is 0 Å². The van der Waals surface area contributed by atoms with Crippen molar-refractivity contribution in [3.05, 3.63) is 36.4 Å². The van der Waals surface area contributed by atoms with E-state index in [0.29, 0.717) is 19.8 Å². The molecular weight excluding hydrogens is 228 g/mol. The lowest BCUT2D eigenvalue weighted by Crippen LogP contribution is -2.26. The first-order chi connectivity index (χ1) is 8.79. The summed E-state index contributed by atoms with van der Waals surface area (Å²) in [4.78, 5) is 0. The lowest BCUT2D eigenvalue weighted by molar-refractivity contribution is 0.0101. The zero-order valence-corrected chi connectivity index (χ0v) is 10.9. The number of hydrogen-bond acceptors (Lipinski definition) is 3. The van der Waals surface area contributed by atoms with E-state index in [1.807, 2.05) is 31.2 Å². The average molecular weight is 248 g/mol. The van der Waals surface area contributed by atoms with Crippen molar-refractivity contribution in [1.82, 2.24) is 0 Å². The molecule has 3 heteroatoms. The normalized spacial score (nSPS) is 19.6. The Morgan fingerprint density at radius 1 is 1.28 bits per heavy atom. The first kappa shape index (κ1) is 13.0. The summed E-state index contributed by atoms with van der Waals surface area (Å²) >= 11 is 0. The second-order valence-corrected chi connectivity index (χ2v) is 4.41. The zero-order valence-electron chi connectivity index (χ0n) is 10.9. The second kappa shape index (κ2) is 6.45. The van der Waals surface area contributed by atoms with Crippen LogP contribution in [0.1, 0.15) is 19.8 Å². The van der Waals surface area contributed by atoms with Gasteiger partial charge in [-0.3, -0.25) is 0 Å². The van der Waals surface area contributed by atoms with Gasteiger partial charge in [-0.1, -0.05) is 24.3 Å². The molecule has 1 fully saturated rings. The van der Waals surface area contributed by atoms with Crippen LogP contribution in [0.25, 0.3) is 0 Å². The van der Waals surface area contributed by atoms with E-state index in [4.69, 9.17) is 14.2 Å². The Hall–Kier alpha value is -1.48. The van der Waals surface area contributed by atoms with E-state index in [-0.39, 0.29) is 6.10 Å². The highest BCUT2D eigenvalue weighted by atomic mass is 16.5. The van der Waals surface area contributed by atoms with Crippen molar-refractivity contribution in [2.24, 2.45) is 0 Å². The molecule has 1 heterocycles. The predicted octanol–water partition coefficient (Wildman–Crippen LogP) is 3.20. The molecule has 98 valence electrons. The summed E-state index contributed by atoms with van der Waals surface area (Å²) in [5.74, 6) is 1.58. The van der Waals surface area contributed by atoms with E-state index in [1.165, 1.54) is 5.57 Å². The summed E-state index contributed by atoms with van der Waals surface area (Å²) in [6.07, 6.45) is 2.17. The molecule has 0 radical (unpaired) electrons. The molecule has 1 unspecified atom stereocenters. The summed E-state index contributed by atoms with van der Waals surface area (Å²) in [6.45, 7) is 7.74. The van der Waals surface area contributed by atoms with Gasteiger partial charge in [0, 0.05) is 0 Å². The van der Waals surface area contributed by atoms with Crippen LogP contribution >= 0.6 is 0 Å². The van der Waals surface area contributed by atoms with Crippen LogP contribution in [0, 0.1) is 0 Å². The molecule has 18 heavy (non-hydrogen) atoms. The third-order valence-corrected chi connectivity index (χ3v) is 2.92. The fourth-order valence-corrected chi connectivity index (χ4v) is 1.91. The van der Waals surface area contributed by atoms with Crippen molar-refractivity contribution >= 4 is 0 Å². The fourth-order valence-electron chi connectivity index (χ4n) is 1.91. The number of hydrogen-bond donors (Lipinski definition) is 0. The van der Waals surface area contributed by atoms with Gasteiger partial charge >= 0.3 is 0 Å². The fraction of sp³-hybridized carbons (Fsp3) is 0.467. The van der Waals surface area contributed by atoms with Crippen molar-refractivity contribution in [2.75, 3.05) is 19.8 Å². The zero-order chi connectivity index (χ0) is 12.8. The Morgan fingerprint density at radius 2 is 2.00 bits per heavy atom. The van der Waals surface area contributed by atoms with E-state index in [9.17, 15) is 0 Å². The summed E-state index contributed by atoms with van der Waals surface area (Å²) < 4.78 is 16.9. The molecule has 1 aliphatic heterocycles. The van der Waals surface area contributed by atoms with Gasteiger partial charge in [0.15, 0.2) is 11.5 Å². The van der Waals surface area contributed by atoms with E-state index in [2.05, 4.69) is 6.58 Å². The topological polar surface area (TPSA) is 27.7 Å². The lowest BCUT2D eigenvalue weighted by Gasteiger charge is -2.24. The summed E-state index contributed by atoms with van der Waals surface area (Å²) in [5.41, 5.74) is 1.17. The van der Waals surface area contributed by atoms with Crippen molar-refractivity contribution in [1.29, 1.82) is 0 Å². The SMILES string of the molecule is C=C1CCC(COc2ccccc2OCC)OC1. The maximum atomic E-state index is 5.78. The first-order valence-electron chi connectivity index (χ1n) is 6.42. The number of para-hydroxylation sites is 2. The molecule has 1 atom stereocenters. The molecule has 0 N–H and O–H groups in total. The van der Waals surface area contributed by atoms with Gasteiger partial charge < -0.3 is 14.2 Å². The van der Waals surface area contributed by atoms with Crippen molar-refractivity contribution in [3.63, 3.8) is 0 Å². The minimum atomic E-state index is 0.158. The third-order valence-electron chi connectivity index (χ3n) is 2.92. The molecule has 0 amide bonds. The monoisotopic (exact) mass is 248 g/mol. The van der Waals surface area contributed by atoms with Gasteiger partial charge in [-0.2, -0.15) is 0 Å². The molecule has 1 aliphatic rings.